The first-order chi connectivity index (χ1) is 17.9. The summed E-state index contributed by atoms with van der Waals surface area (Å²) in [6.07, 6.45) is 1.05. The molecule has 37 heavy (non-hydrogen) atoms. The Morgan fingerprint density at radius 2 is 1.65 bits per heavy atom. The van der Waals surface area contributed by atoms with Gasteiger partial charge in [0.15, 0.2) is 0 Å². The van der Waals surface area contributed by atoms with Crippen molar-refractivity contribution in [3.05, 3.63) is 71.8 Å². The lowest BCUT2D eigenvalue weighted by molar-refractivity contribution is -0.143. The van der Waals surface area contributed by atoms with E-state index < -0.39 is 24.1 Å². The summed E-state index contributed by atoms with van der Waals surface area (Å²) >= 11 is 0. The number of hydrogen-bond donors (Lipinski definition) is 3. The van der Waals surface area contributed by atoms with Crippen LogP contribution >= 0.6 is 0 Å². The third-order valence-electron chi connectivity index (χ3n) is 6.18. The fraction of sp³-hybridized carbons (Fsp3) is 0.429. The van der Waals surface area contributed by atoms with E-state index in [1.807, 2.05) is 60.7 Å². The molecule has 0 radical (unpaired) electrons. The Morgan fingerprint density at radius 1 is 0.973 bits per heavy atom. The maximum Gasteiger partial charge on any atom is 0.408 e. The predicted molar refractivity (Wildman–Crippen MR) is 137 cm³/mol. The number of amides is 3. The smallest absolute Gasteiger partial charge is 0.408 e. The van der Waals surface area contributed by atoms with Gasteiger partial charge in [-0.2, -0.15) is 0 Å². The number of alkyl carbamates (subject to hydrolysis) is 1. The lowest BCUT2D eigenvalue weighted by atomic mass is 9.95. The van der Waals surface area contributed by atoms with Crippen LogP contribution in [0.15, 0.2) is 60.7 Å². The molecule has 0 aromatic heterocycles. The van der Waals surface area contributed by atoms with E-state index in [1.165, 1.54) is 0 Å². The Hall–Kier alpha value is -3.88. The topological polar surface area (TPSA) is 123 Å². The van der Waals surface area contributed by atoms with E-state index in [0.717, 1.165) is 11.1 Å². The second kappa shape index (κ2) is 14.6. The van der Waals surface area contributed by atoms with Gasteiger partial charge in [0, 0.05) is 31.3 Å². The quantitative estimate of drug-likeness (QED) is 0.357. The molecular formula is C28H35N3O6. The number of hydrogen-bond acceptors (Lipinski definition) is 6. The van der Waals surface area contributed by atoms with Gasteiger partial charge in [-0.3, -0.25) is 14.4 Å². The Morgan fingerprint density at radius 3 is 2.27 bits per heavy atom. The van der Waals surface area contributed by atoms with Gasteiger partial charge < -0.3 is 25.4 Å². The summed E-state index contributed by atoms with van der Waals surface area (Å²) in [5, 5.41) is 8.45. The Kier molecular flexibility index (Phi) is 10.9. The molecule has 1 heterocycles. The molecule has 2 aromatic rings. The van der Waals surface area contributed by atoms with Gasteiger partial charge in [0.2, 0.25) is 11.8 Å². The number of carbonyl (C=O) groups excluding carboxylic acids is 4. The molecule has 9 nitrogen and oxygen atoms in total. The number of rotatable bonds is 13. The molecule has 198 valence electrons. The molecule has 2 aromatic carbocycles. The van der Waals surface area contributed by atoms with E-state index in [2.05, 4.69) is 16.0 Å². The molecule has 9 heteroatoms. The molecule has 1 aliphatic rings. The third kappa shape index (κ3) is 9.59. The van der Waals surface area contributed by atoms with Crippen LogP contribution in [0.3, 0.4) is 0 Å². The summed E-state index contributed by atoms with van der Waals surface area (Å²) in [5.74, 6) is -1.07. The van der Waals surface area contributed by atoms with Gasteiger partial charge in [-0.05, 0) is 37.3 Å². The van der Waals surface area contributed by atoms with Crippen LogP contribution in [0, 0.1) is 5.92 Å². The number of esters is 1. The molecular weight excluding hydrogens is 474 g/mol. The van der Waals surface area contributed by atoms with Crippen LogP contribution in [0.4, 0.5) is 4.79 Å². The standard InChI is InChI=1S/C28H35N3O6/c1-2-36-25(32)14-13-23(18-22-15-16-29-26(22)33)30-27(34)24(17-20-9-5-3-6-10-20)31-28(35)37-19-21-11-7-4-8-12-21/h3-12,22-24H,2,13-19H2,1H3,(H,29,33)(H,30,34)(H,31,35). The van der Waals surface area contributed by atoms with Gasteiger partial charge in [0.25, 0.3) is 0 Å². The summed E-state index contributed by atoms with van der Waals surface area (Å²) < 4.78 is 10.4. The molecule has 3 amide bonds. The molecule has 1 fully saturated rings. The van der Waals surface area contributed by atoms with E-state index >= 15 is 0 Å². The summed E-state index contributed by atoms with van der Waals surface area (Å²) in [7, 11) is 0. The van der Waals surface area contributed by atoms with Crippen molar-refractivity contribution in [1.29, 1.82) is 0 Å². The molecule has 1 saturated heterocycles. The van der Waals surface area contributed by atoms with Crippen molar-refractivity contribution in [2.75, 3.05) is 13.2 Å². The zero-order valence-corrected chi connectivity index (χ0v) is 21.1. The van der Waals surface area contributed by atoms with Crippen LogP contribution in [0.25, 0.3) is 0 Å². The van der Waals surface area contributed by atoms with E-state index in [9.17, 15) is 19.2 Å². The molecule has 0 aliphatic carbocycles. The fourth-order valence-electron chi connectivity index (χ4n) is 4.26. The van der Waals surface area contributed by atoms with Crippen molar-refractivity contribution in [3.8, 4) is 0 Å². The zero-order valence-electron chi connectivity index (χ0n) is 21.1. The number of carbonyl (C=O) groups is 4. The molecule has 1 aliphatic heterocycles. The highest BCUT2D eigenvalue weighted by molar-refractivity contribution is 5.86. The Balaban J connectivity index is 1.67. The second-order valence-electron chi connectivity index (χ2n) is 9.01. The van der Waals surface area contributed by atoms with Crippen LogP contribution in [-0.4, -0.2) is 49.1 Å². The van der Waals surface area contributed by atoms with E-state index in [4.69, 9.17) is 9.47 Å². The first-order valence-corrected chi connectivity index (χ1v) is 12.7. The monoisotopic (exact) mass is 509 g/mol. The SMILES string of the molecule is CCOC(=O)CCC(CC1CCNC1=O)NC(=O)C(Cc1ccccc1)NC(=O)OCc1ccccc1. The molecule has 3 unspecified atom stereocenters. The summed E-state index contributed by atoms with van der Waals surface area (Å²) in [6.45, 7) is 2.67. The minimum absolute atomic E-state index is 0.0566. The van der Waals surface area contributed by atoms with Crippen LogP contribution in [0.1, 0.15) is 43.7 Å². The maximum atomic E-state index is 13.4. The summed E-state index contributed by atoms with van der Waals surface area (Å²) in [4.78, 5) is 50.1. The Bertz CT molecular complexity index is 1030. The van der Waals surface area contributed by atoms with Gasteiger partial charge in [-0.1, -0.05) is 60.7 Å². The highest BCUT2D eigenvalue weighted by Gasteiger charge is 2.30. The highest BCUT2D eigenvalue weighted by atomic mass is 16.5. The minimum atomic E-state index is -0.909. The molecule has 0 saturated carbocycles. The summed E-state index contributed by atoms with van der Waals surface area (Å²) in [5.41, 5.74) is 1.69. The lowest BCUT2D eigenvalue weighted by Crippen LogP contribution is -2.51. The summed E-state index contributed by atoms with van der Waals surface area (Å²) in [6, 6.07) is 17.2. The van der Waals surface area contributed by atoms with E-state index in [1.54, 1.807) is 6.92 Å². The first kappa shape index (κ1) is 27.7. The minimum Gasteiger partial charge on any atom is -0.466 e. The van der Waals surface area contributed by atoms with E-state index in [0.29, 0.717) is 25.8 Å². The number of benzene rings is 2. The molecule has 3 rings (SSSR count). The lowest BCUT2D eigenvalue weighted by Gasteiger charge is -2.25. The van der Waals surface area contributed by atoms with Gasteiger partial charge in [0.05, 0.1) is 6.61 Å². The van der Waals surface area contributed by atoms with Gasteiger partial charge in [-0.15, -0.1) is 0 Å². The predicted octanol–water partition coefficient (Wildman–Crippen LogP) is 2.88. The highest BCUT2D eigenvalue weighted by Crippen LogP contribution is 2.19. The molecule has 0 bridgehead atoms. The van der Waals surface area contributed by atoms with Gasteiger partial charge in [0.1, 0.15) is 12.6 Å². The zero-order chi connectivity index (χ0) is 26.5. The third-order valence-corrected chi connectivity index (χ3v) is 6.18. The molecule has 3 N–H and O–H groups in total. The van der Waals surface area contributed by atoms with Crippen LogP contribution in [-0.2, 0) is 36.9 Å². The first-order valence-electron chi connectivity index (χ1n) is 12.7. The average Bonchev–Trinajstić information content (AvgIpc) is 3.31. The van der Waals surface area contributed by atoms with Crippen LogP contribution in [0.5, 0.6) is 0 Å². The molecule has 0 spiro atoms. The van der Waals surface area contributed by atoms with Crippen LogP contribution < -0.4 is 16.0 Å². The largest absolute Gasteiger partial charge is 0.466 e. The van der Waals surface area contributed by atoms with Crippen LogP contribution in [0.2, 0.25) is 0 Å². The maximum absolute atomic E-state index is 13.4. The molecule has 3 atom stereocenters. The number of nitrogens with one attached hydrogen (secondary N) is 3. The van der Waals surface area contributed by atoms with Crippen molar-refractivity contribution in [3.63, 3.8) is 0 Å². The normalized spacial score (nSPS) is 16.2. The Labute approximate surface area is 217 Å². The van der Waals surface area contributed by atoms with Crippen molar-refractivity contribution < 1.29 is 28.7 Å². The van der Waals surface area contributed by atoms with Gasteiger partial charge >= 0.3 is 12.1 Å². The van der Waals surface area contributed by atoms with Crippen molar-refractivity contribution in [1.82, 2.24) is 16.0 Å². The average molecular weight is 510 g/mol. The fourth-order valence-corrected chi connectivity index (χ4v) is 4.26. The number of ether oxygens (including phenoxy) is 2. The van der Waals surface area contributed by atoms with E-state index in [-0.39, 0.29) is 43.8 Å². The van der Waals surface area contributed by atoms with Crippen molar-refractivity contribution in [2.24, 2.45) is 5.92 Å². The van der Waals surface area contributed by atoms with Gasteiger partial charge in [-0.25, -0.2) is 4.79 Å². The van der Waals surface area contributed by atoms with Crippen molar-refractivity contribution >= 4 is 23.9 Å². The van der Waals surface area contributed by atoms with Crippen molar-refractivity contribution in [2.45, 2.75) is 57.7 Å². The second-order valence-corrected chi connectivity index (χ2v) is 9.01.